The molecule has 240 valence electrons. The van der Waals surface area contributed by atoms with Crippen molar-refractivity contribution in [1.29, 1.82) is 0 Å². The molecule has 8 nitrogen and oxygen atoms in total. The van der Waals surface area contributed by atoms with Gasteiger partial charge in [0.05, 0.1) is 17.9 Å². The van der Waals surface area contributed by atoms with E-state index in [9.17, 15) is 9.18 Å². The minimum atomic E-state index is -0.645. The van der Waals surface area contributed by atoms with Crippen LogP contribution in [0.1, 0.15) is 36.6 Å². The predicted octanol–water partition coefficient (Wildman–Crippen LogP) is 8.92. The summed E-state index contributed by atoms with van der Waals surface area (Å²) in [4.78, 5) is 18.7. The van der Waals surface area contributed by atoms with E-state index in [1.54, 1.807) is 53.2 Å². The van der Waals surface area contributed by atoms with E-state index in [4.69, 9.17) is 37.8 Å². The zero-order valence-electron chi connectivity index (χ0n) is 25.5. The highest BCUT2D eigenvalue weighted by molar-refractivity contribution is 7.98. The lowest BCUT2D eigenvalue weighted by atomic mass is 9.95. The molecule has 5 aromatic rings. The summed E-state index contributed by atoms with van der Waals surface area (Å²) >= 11 is 14.0. The van der Waals surface area contributed by atoms with Gasteiger partial charge < -0.3 is 20.1 Å². The predicted molar refractivity (Wildman–Crippen MR) is 184 cm³/mol. The van der Waals surface area contributed by atoms with E-state index >= 15 is 0 Å². The molecule has 1 amide bonds. The van der Waals surface area contributed by atoms with E-state index in [0.717, 1.165) is 5.56 Å². The number of halogens is 3. The Hall–Kier alpha value is -4.51. The van der Waals surface area contributed by atoms with Crippen LogP contribution in [0.4, 0.5) is 16.0 Å². The fraction of sp³-hybridized carbons (Fsp3) is 0.171. The van der Waals surface area contributed by atoms with Gasteiger partial charge in [-0.2, -0.15) is 4.98 Å². The van der Waals surface area contributed by atoms with E-state index in [1.807, 2.05) is 50.2 Å². The number of benzene rings is 4. The molecule has 1 aliphatic rings. The second kappa shape index (κ2) is 14.5. The van der Waals surface area contributed by atoms with Crippen molar-refractivity contribution < 1.29 is 18.7 Å². The van der Waals surface area contributed by atoms with Gasteiger partial charge in [-0.25, -0.2) is 9.07 Å². The van der Waals surface area contributed by atoms with Crippen LogP contribution in [0.2, 0.25) is 10.0 Å². The summed E-state index contributed by atoms with van der Waals surface area (Å²) in [7, 11) is 0. The van der Waals surface area contributed by atoms with Crippen LogP contribution in [0.5, 0.6) is 11.5 Å². The Morgan fingerprint density at radius 3 is 2.45 bits per heavy atom. The average molecular weight is 691 g/mol. The molecule has 0 saturated heterocycles. The maximum atomic E-state index is 14.3. The van der Waals surface area contributed by atoms with Crippen LogP contribution < -0.4 is 20.1 Å². The largest absolute Gasteiger partial charge is 0.492 e. The van der Waals surface area contributed by atoms with Crippen molar-refractivity contribution in [3.05, 3.63) is 135 Å². The first-order valence-electron chi connectivity index (χ1n) is 14.8. The highest BCUT2D eigenvalue weighted by Gasteiger charge is 2.35. The Bertz CT molecular complexity index is 1930. The van der Waals surface area contributed by atoms with Crippen molar-refractivity contribution in [1.82, 2.24) is 14.8 Å². The number of rotatable bonds is 11. The minimum absolute atomic E-state index is 0.187. The molecular formula is C35H30Cl2FN5O3S. The van der Waals surface area contributed by atoms with Crippen LogP contribution >= 0.6 is 35.0 Å². The van der Waals surface area contributed by atoms with Gasteiger partial charge in [0.1, 0.15) is 30.0 Å². The summed E-state index contributed by atoms with van der Waals surface area (Å²) in [6, 6.07) is 26.0. The molecule has 2 heterocycles. The Morgan fingerprint density at radius 1 is 0.979 bits per heavy atom. The fourth-order valence-corrected chi connectivity index (χ4v) is 6.49. The highest BCUT2D eigenvalue weighted by atomic mass is 35.5. The van der Waals surface area contributed by atoms with E-state index in [0.29, 0.717) is 73.1 Å². The zero-order chi connectivity index (χ0) is 32.9. The van der Waals surface area contributed by atoms with Crippen LogP contribution in [-0.4, -0.2) is 27.3 Å². The molecule has 0 spiro atoms. The van der Waals surface area contributed by atoms with Gasteiger partial charge >= 0.3 is 0 Å². The van der Waals surface area contributed by atoms with Crippen LogP contribution in [0, 0.1) is 5.82 Å². The molecule has 2 N–H and O–H groups in total. The SMILES string of the molecule is CCOc1ccccc1NC(=O)C1=C(C)Nc2nc(SCc3ccccc3F)nn2C1c1ccc(OCc2c(Cl)cccc2Cl)cc1. The number of ether oxygens (including phenoxy) is 2. The van der Waals surface area contributed by atoms with Gasteiger partial charge in [-0.3, -0.25) is 4.79 Å². The lowest BCUT2D eigenvalue weighted by Gasteiger charge is -2.29. The summed E-state index contributed by atoms with van der Waals surface area (Å²) < 4.78 is 27.8. The van der Waals surface area contributed by atoms with Gasteiger partial charge in [-0.05, 0) is 67.4 Å². The number of fused-ring (bicyclic) bond motifs is 1. The summed E-state index contributed by atoms with van der Waals surface area (Å²) in [5, 5.41) is 12.5. The van der Waals surface area contributed by atoms with E-state index in [-0.39, 0.29) is 18.3 Å². The number of nitrogens with one attached hydrogen (secondary N) is 2. The molecule has 1 unspecified atom stereocenters. The standard InChI is InChI=1S/C35H30Cl2FN5O3S/c1-3-45-30-14-7-6-13-29(30)40-33(44)31-21(2)39-34-41-35(47-20-23-9-4-5-12-28(23)38)42-43(34)32(31)22-15-17-24(18-16-22)46-19-25-26(36)10-8-11-27(25)37/h4-18,32H,3,19-20H2,1-2H3,(H,40,44)(H,39,41,42). The number of para-hydroxylation sites is 2. The number of carbonyl (C=O) groups is 1. The van der Waals surface area contributed by atoms with E-state index < -0.39 is 6.04 Å². The topological polar surface area (TPSA) is 90.3 Å². The molecule has 1 aromatic heterocycles. The Balaban J connectivity index is 1.31. The Kier molecular flexibility index (Phi) is 10.0. The monoisotopic (exact) mass is 689 g/mol. The number of aromatic nitrogens is 3. The minimum Gasteiger partial charge on any atom is -0.492 e. The number of amides is 1. The normalized spacial score (nSPS) is 13.9. The van der Waals surface area contributed by atoms with Crippen molar-refractivity contribution >= 4 is 52.5 Å². The van der Waals surface area contributed by atoms with Crippen LogP contribution in [0.25, 0.3) is 0 Å². The number of nitrogens with zero attached hydrogens (tertiary/aromatic N) is 3. The van der Waals surface area contributed by atoms with Crippen molar-refractivity contribution in [2.24, 2.45) is 0 Å². The highest BCUT2D eigenvalue weighted by Crippen LogP contribution is 2.38. The van der Waals surface area contributed by atoms with Gasteiger partial charge in [-0.15, -0.1) is 5.10 Å². The third kappa shape index (κ3) is 7.25. The molecule has 4 aromatic carbocycles. The van der Waals surface area contributed by atoms with Gasteiger partial charge in [0, 0.05) is 27.1 Å². The van der Waals surface area contributed by atoms with Gasteiger partial charge in [0.15, 0.2) is 0 Å². The number of hydrogen-bond acceptors (Lipinski definition) is 7. The van der Waals surface area contributed by atoms with Gasteiger partial charge in [0.25, 0.3) is 5.91 Å². The molecule has 0 radical (unpaired) electrons. The van der Waals surface area contributed by atoms with Crippen molar-refractivity contribution in [2.75, 3.05) is 17.2 Å². The third-order valence-corrected chi connectivity index (χ3v) is 9.06. The molecular weight excluding hydrogens is 660 g/mol. The van der Waals surface area contributed by atoms with Crippen LogP contribution in [-0.2, 0) is 17.2 Å². The number of allylic oxidation sites excluding steroid dienone is 1. The smallest absolute Gasteiger partial charge is 0.255 e. The molecule has 47 heavy (non-hydrogen) atoms. The third-order valence-electron chi connectivity index (χ3n) is 7.47. The Labute approximate surface area is 285 Å². The van der Waals surface area contributed by atoms with Crippen LogP contribution in [0.3, 0.4) is 0 Å². The van der Waals surface area contributed by atoms with Gasteiger partial charge in [0.2, 0.25) is 11.1 Å². The molecule has 0 aliphatic carbocycles. The van der Waals surface area contributed by atoms with E-state index in [1.165, 1.54) is 17.8 Å². The Morgan fingerprint density at radius 2 is 1.70 bits per heavy atom. The second-order valence-corrected chi connectivity index (χ2v) is 12.3. The number of thioether (sulfide) groups is 1. The number of anilines is 2. The molecule has 0 fully saturated rings. The van der Waals surface area contributed by atoms with Crippen molar-refractivity contribution in [3.63, 3.8) is 0 Å². The maximum Gasteiger partial charge on any atom is 0.255 e. The molecule has 0 bridgehead atoms. The van der Waals surface area contributed by atoms with Crippen molar-refractivity contribution in [3.8, 4) is 11.5 Å². The first-order valence-corrected chi connectivity index (χ1v) is 16.6. The lowest BCUT2D eigenvalue weighted by Crippen LogP contribution is -2.31. The second-order valence-electron chi connectivity index (χ2n) is 10.6. The lowest BCUT2D eigenvalue weighted by molar-refractivity contribution is -0.113. The summed E-state index contributed by atoms with van der Waals surface area (Å²) in [5.74, 6) is 1.34. The molecule has 6 rings (SSSR count). The summed E-state index contributed by atoms with van der Waals surface area (Å²) in [5.41, 5.74) is 3.61. The number of carbonyl (C=O) groups excluding carboxylic acids is 1. The number of hydrogen-bond donors (Lipinski definition) is 2. The van der Waals surface area contributed by atoms with Crippen LogP contribution in [0.15, 0.2) is 107 Å². The molecule has 1 atom stereocenters. The maximum absolute atomic E-state index is 14.3. The molecule has 1 aliphatic heterocycles. The van der Waals surface area contributed by atoms with E-state index in [2.05, 4.69) is 15.6 Å². The van der Waals surface area contributed by atoms with Gasteiger partial charge in [-0.1, -0.05) is 83.5 Å². The summed E-state index contributed by atoms with van der Waals surface area (Å²) in [6.07, 6.45) is 0. The first-order chi connectivity index (χ1) is 22.8. The van der Waals surface area contributed by atoms with Crippen molar-refractivity contribution in [2.45, 2.75) is 37.4 Å². The molecule has 12 heteroatoms. The molecule has 0 saturated carbocycles. The first kappa shape index (κ1) is 32.4. The quantitative estimate of drug-likeness (QED) is 0.134. The zero-order valence-corrected chi connectivity index (χ0v) is 27.8. The average Bonchev–Trinajstić information content (AvgIpc) is 3.47. The fourth-order valence-electron chi connectivity index (χ4n) is 5.17. The summed E-state index contributed by atoms with van der Waals surface area (Å²) in [6.45, 7) is 4.35.